The van der Waals surface area contributed by atoms with Crippen LogP contribution in [0.25, 0.3) is 11.4 Å². The van der Waals surface area contributed by atoms with Crippen molar-refractivity contribution in [1.82, 2.24) is 15.3 Å². The molecule has 2 heterocycles. The van der Waals surface area contributed by atoms with Gasteiger partial charge in [0, 0.05) is 36.8 Å². The van der Waals surface area contributed by atoms with Gasteiger partial charge in [0.25, 0.3) is 0 Å². The van der Waals surface area contributed by atoms with Gasteiger partial charge in [-0.2, -0.15) is 0 Å². The molecule has 0 fully saturated rings. The Hall–Kier alpha value is -1.16. The van der Waals surface area contributed by atoms with E-state index in [1.54, 1.807) is 12.1 Å². The molecule has 0 bridgehead atoms. The van der Waals surface area contributed by atoms with E-state index >= 15 is 0 Å². The third kappa shape index (κ3) is 2.21. The highest BCUT2D eigenvalue weighted by atomic mass is 35.5. The van der Waals surface area contributed by atoms with E-state index in [0.717, 1.165) is 30.8 Å². The molecule has 0 saturated carbocycles. The number of hydrogen-bond donors (Lipinski definition) is 1. The van der Waals surface area contributed by atoms with Gasteiger partial charge in [0.05, 0.1) is 15.7 Å². The van der Waals surface area contributed by atoms with Crippen LogP contribution < -0.4 is 5.32 Å². The summed E-state index contributed by atoms with van der Waals surface area (Å²) in [6.45, 7) is 1.81. The minimum absolute atomic E-state index is 0.525. The lowest BCUT2D eigenvalue weighted by molar-refractivity contribution is 0.626. The first kappa shape index (κ1) is 11.9. The summed E-state index contributed by atoms with van der Waals surface area (Å²) in [6.07, 6.45) is 2.82. The molecule has 0 radical (unpaired) electrons. The molecule has 0 unspecified atom stereocenters. The fourth-order valence-corrected chi connectivity index (χ4v) is 2.31. The minimum Gasteiger partial charge on any atom is -0.312 e. The van der Waals surface area contributed by atoms with E-state index < -0.39 is 0 Å². The highest BCUT2D eigenvalue weighted by Gasteiger charge is 2.12. The van der Waals surface area contributed by atoms with E-state index in [2.05, 4.69) is 15.3 Å². The summed E-state index contributed by atoms with van der Waals surface area (Å²) in [6, 6.07) is 5.45. The molecule has 1 aromatic carbocycles. The zero-order valence-electron chi connectivity index (χ0n) is 9.58. The first-order chi connectivity index (χ1) is 8.74. The van der Waals surface area contributed by atoms with Crippen LogP contribution in [0.1, 0.15) is 11.3 Å². The number of halogens is 2. The lowest BCUT2D eigenvalue weighted by atomic mass is 10.1. The van der Waals surface area contributed by atoms with E-state index in [0.29, 0.717) is 15.9 Å². The molecule has 3 rings (SSSR count). The van der Waals surface area contributed by atoms with Gasteiger partial charge in [0.15, 0.2) is 5.82 Å². The van der Waals surface area contributed by atoms with Gasteiger partial charge in [0.1, 0.15) is 0 Å². The maximum Gasteiger partial charge on any atom is 0.159 e. The van der Waals surface area contributed by atoms with E-state index in [4.69, 9.17) is 23.2 Å². The van der Waals surface area contributed by atoms with Crippen molar-refractivity contribution in [3.63, 3.8) is 0 Å². The number of rotatable bonds is 1. The first-order valence-electron chi connectivity index (χ1n) is 5.75. The zero-order chi connectivity index (χ0) is 12.5. The van der Waals surface area contributed by atoms with Crippen LogP contribution in [0.2, 0.25) is 10.0 Å². The van der Waals surface area contributed by atoms with Crippen LogP contribution in [0, 0.1) is 0 Å². The Morgan fingerprint density at radius 3 is 2.89 bits per heavy atom. The van der Waals surface area contributed by atoms with Crippen molar-refractivity contribution >= 4 is 23.2 Å². The molecular formula is C13H11Cl2N3. The molecule has 2 aromatic rings. The third-order valence-electron chi connectivity index (χ3n) is 2.99. The second kappa shape index (κ2) is 4.84. The third-order valence-corrected chi connectivity index (χ3v) is 3.73. The summed E-state index contributed by atoms with van der Waals surface area (Å²) in [4.78, 5) is 8.98. The number of aromatic nitrogens is 2. The Morgan fingerprint density at radius 1 is 1.17 bits per heavy atom. The van der Waals surface area contributed by atoms with Crippen molar-refractivity contribution in [3.05, 3.63) is 45.7 Å². The summed E-state index contributed by atoms with van der Waals surface area (Å²) >= 11 is 11.9. The monoisotopic (exact) mass is 279 g/mol. The van der Waals surface area contributed by atoms with E-state index in [9.17, 15) is 0 Å². The molecule has 18 heavy (non-hydrogen) atoms. The van der Waals surface area contributed by atoms with Crippen LogP contribution in [0.3, 0.4) is 0 Å². The Balaban J connectivity index is 2.03. The second-order valence-electron chi connectivity index (χ2n) is 4.22. The van der Waals surface area contributed by atoms with Gasteiger partial charge in [0.2, 0.25) is 0 Å². The minimum atomic E-state index is 0.525. The predicted molar refractivity (Wildman–Crippen MR) is 72.9 cm³/mol. The average molecular weight is 280 g/mol. The van der Waals surface area contributed by atoms with Crippen LogP contribution >= 0.6 is 23.2 Å². The number of nitrogens with zero attached hydrogens (tertiary/aromatic N) is 2. The number of benzene rings is 1. The maximum absolute atomic E-state index is 6.01. The maximum atomic E-state index is 6.01. The summed E-state index contributed by atoms with van der Waals surface area (Å²) in [5, 5.41) is 4.37. The smallest absolute Gasteiger partial charge is 0.159 e. The molecule has 0 spiro atoms. The van der Waals surface area contributed by atoms with Crippen molar-refractivity contribution in [2.75, 3.05) is 6.54 Å². The van der Waals surface area contributed by atoms with Crippen LogP contribution in [-0.2, 0) is 13.0 Å². The molecule has 92 valence electrons. The van der Waals surface area contributed by atoms with E-state index in [-0.39, 0.29) is 0 Å². The highest BCUT2D eigenvalue weighted by Crippen LogP contribution is 2.27. The van der Waals surface area contributed by atoms with Crippen molar-refractivity contribution in [2.24, 2.45) is 0 Å². The Morgan fingerprint density at radius 2 is 2.06 bits per heavy atom. The summed E-state index contributed by atoms with van der Waals surface area (Å²) in [7, 11) is 0. The molecule has 0 amide bonds. The summed E-state index contributed by atoms with van der Waals surface area (Å²) in [5.41, 5.74) is 3.18. The molecule has 1 aliphatic heterocycles. The Labute approximate surface area is 115 Å². The standard InChI is InChI=1S/C13H11Cl2N3/c14-10-2-1-8(5-11(10)15)13-17-7-9-6-16-4-3-12(9)18-13/h1-2,5,7,16H,3-4,6H2. The van der Waals surface area contributed by atoms with E-state index in [1.165, 1.54) is 5.56 Å². The molecule has 0 aliphatic carbocycles. The zero-order valence-corrected chi connectivity index (χ0v) is 11.1. The van der Waals surface area contributed by atoms with Gasteiger partial charge >= 0.3 is 0 Å². The van der Waals surface area contributed by atoms with Gasteiger partial charge in [-0.25, -0.2) is 9.97 Å². The van der Waals surface area contributed by atoms with Gasteiger partial charge in [-0.15, -0.1) is 0 Å². The van der Waals surface area contributed by atoms with Gasteiger partial charge in [-0.1, -0.05) is 23.2 Å². The molecule has 5 heteroatoms. The number of fused-ring (bicyclic) bond motifs is 1. The molecular weight excluding hydrogens is 269 g/mol. The van der Waals surface area contributed by atoms with Gasteiger partial charge < -0.3 is 5.32 Å². The van der Waals surface area contributed by atoms with Crippen molar-refractivity contribution < 1.29 is 0 Å². The van der Waals surface area contributed by atoms with E-state index in [1.807, 2.05) is 12.3 Å². The summed E-state index contributed by atoms with van der Waals surface area (Å²) in [5.74, 6) is 0.703. The van der Waals surface area contributed by atoms with Crippen molar-refractivity contribution in [2.45, 2.75) is 13.0 Å². The fraction of sp³-hybridized carbons (Fsp3) is 0.231. The summed E-state index contributed by atoms with van der Waals surface area (Å²) < 4.78 is 0. The van der Waals surface area contributed by atoms with Crippen molar-refractivity contribution in [1.29, 1.82) is 0 Å². The lowest BCUT2D eigenvalue weighted by Crippen LogP contribution is -2.24. The van der Waals surface area contributed by atoms with Crippen molar-refractivity contribution in [3.8, 4) is 11.4 Å². The highest BCUT2D eigenvalue weighted by molar-refractivity contribution is 6.42. The SMILES string of the molecule is Clc1ccc(-c2ncc3c(n2)CCNC3)cc1Cl. The number of hydrogen-bond acceptors (Lipinski definition) is 3. The first-order valence-corrected chi connectivity index (χ1v) is 6.50. The normalized spacial score (nSPS) is 14.3. The molecule has 0 atom stereocenters. The van der Waals surface area contributed by atoms with Gasteiger partial charge in [-0.3, -0.25) is 0 Å². The van der Waals surface area contributed by atoms with Crippen LogP contribution in [0.4, 0.5) is 0 Å². The molecule has 1 aliphatic rings. The Kier molecular flexibility index (Phi) is 3.20. The number of nitrogens with one attached hydrogen (secondary N) is 1. The molecule has 1 N–H and O–H groups in total. The molecule has 1 aromatic heterocycles. The lowest BCUT2D eigenvalue weighted by Gasteiger charge is -2.16. The average Bonchev–Trinajstić information content (AvgIpc) is 2.41. The fourth-order valence-electron chi connectivity index (χ4n) is 2.01. The van der Waals surface area contributed by atoms with Crippen LogP contribution in [0.5, 0.6) is 0 Å². The molecule has 3 nitrogen and oxygen atoms in total. The van der Waals surface area contributed by atoms with Crippen LogP contribution in [0.15, 0.2) is 24.4 Å². The second-order valence-corrected chi connectivity index (χ2v) is 5.04. The quantitative estimate of drug-likeness (QED) is 0.872. The van der Waals surface area contributed by atoms with Crippen LogP contribution in [-0.4, -0.2) is 16.5 Å². The van der Waals surface area contributed by atoms with Gasteiger partial charge in [-0.05, 0) is 18.2 Å². The predicted octanol–water partition coefficient (Wildman–Crippen LogP) is 3.10. The Bertz CT molecular complexity index is 599. The largest absolute Gasteiger partial charge is 0.312 e. The molecule has 0 saturated heterocycles. The topological polar surface area (TPSA) is 37.8 Å².